The van der Waals surface area contributed by atoms with Gasteiger partial charge in [-0.15, -0.1) is 0 Å². The van der Waals surface area contributed by atoms with E-state index in [-0.39, 0.29) is 17.2 Å². The lowest BCUT2D eigenvalue weighted by Crippen LogP contribution is -2.42. The molecule has 2 aromatic carbocycles. The number of amides is 1. The number of hydrazone groups is 1. The Balaban J connectivity index is 1.75. The van der Waals surface area contributed by atoms with Gasteiger partial charge in [0.2, 0.25) is 14.9 Å². The van der Waals surface area contributed by atoms with E-state index in [9.17, 15) is 17.6 Å². The monoisotopic (exact) mass is 417 g/mol. The van der Waals surface area contributed by atoms with E-state index in [0.29, 0.717) is 24.3 Å². The number of hydrogen-bond donors (Lipinski definition) is 0. The molecule has 0 saturated carbocycles. The van der Waals surface area contributed by atoms with Crippen molar-refractivity contribution in [3.63, 3.8) is 0 Å². The van der Waals surface area contributed by atoms with E-state index < -0.39 is 26.6 Å². The fourth-order valence-corrected chi connectivity index (χ4v) is 5.01. The maximum absolute atomic E-state index is 14.1. The zero-order valence-electron chi connectivity index (χ0n) is 15.8. The fourth-order valence-electron chi connectivity index (χ4n) is 3.53. The molecule has 0 spiro atoms. The van der Waals surface area contributed by atoms with Crippen LogP contribution in [0.1, 0.15) is 18.4 Å². The first kappa shape index (κ1) is 19.4. The van der Waals surface area contributed by atoms with Crippen LogP contribution >= 0.6 is 0 Å². The summed E-state index contributed by atoms with van der Waals surface area (Å²) in [4.78, 5) is 14.4. The van der Waals surface area contributed by atoms with E-state index in [2.05, 4.69) is 5.10 Å². The van der Waals surface area contributed by atoms with Gasteiger partial charge < -0.3 is 9.64 Å². The molecule has 0 bridgehead atoms. The van der Waals surface area contributed by atoms with Gasteiger partial charge >= 0.3 is 0 Å². The van der Waals surface area contributed by atoms with Crippen molar-refractivity contribution in [2.75, 3.05) is 25.2 Å². The number of fused-ring (bicyclic) bond motifs is 1. The Labute approximate surface area is 168 Å². The van der Waals surface area contributed by atoms with E-state index >= 15 is 0 Å². The van der Waals surface area contributed by atoms with E-state index in [1.807, 2.05) is 0 Å². The van der Waals surface area contributed by atoms with Crippen LogP contribution in [0.15, 0.2) is 52.5 Å². The number of para-hydroxylation sites is 1. The molecule has 0 unspecified atom stereocenters. The van der Waals surface area contributed by atoms with Crippen LogP contribution in [0.4, 0.5) is 10.1 Å². The number of hydrogen-bond acceptors (Lipinski definition) is 6. The van der Waals surface area contributed by atoms with Crippen LogP contribution in [0, 0.1) is 5.82 Å². The van der Waals surface area contributed by atoms with Crippen LogP contribution in [-0.4, -0.2) is 44.5 Å². The van der Waals surface area contributed by atoms with Gasteiger partial charge in [-0.3, -0.25) is 9.80 Å². The zero-order valence-corrected chi connectivity index (χ0v) is 16.7. The molecule has 2 aromatic rings. The number of sulfone groups is 1. The third kappa shape index (κ3) is 3.46. The molecule has 0 aromatic heterocycles. The van der Waals surface area contributed by atoms with Crippen molar-refractivity contribution >= 4 is 26.5 Å². The van der Waals surface area contributed by atoms with E-state index in [1.165, 1.54) is 35.2 Å². The fraction of sp³-hybridized carbons (Fsp3) is 0.300. The second kappa shape index (κ2) is 7.47. The van der Waals surface area contributed by atoms with E-state index in [4.69, 9.17) is 4.74 Å². The quantitative estimate of drug-likeness (QED) is 0.764. The Morgan fingerprint density at radius 1 is 1.17 bits per heavy atom. The summed E-state index contributed by atoms with van der Waals surface area (Å²) in [6.45, 7) is 1.13. The molecule has 0 atom stereocenters. The van der Waals surface area contributed by atoms with Crippen molar-refractivity contribution in [1.29, 1.82) is 0 Å². The molecule has 152 valence electrons. The van der Waals surface area contributed by atoms with Gasteiger partial charge in [0.05, 0.1) is 24.2 Å². The number of likely N-dealkylation sites (tertiary alicyclic amines) is 1. The third-order valence-electron chi connectivity index (χ3n) is 5.02. The molecule has 2 aliphatic heterocycles. The van der Waals surface area contributed by atoms with Crippen molar-refractivity contribution in [3.05, 3.63) is 53.8 Å². The average molecular weight is 417 g/mol. The van der Waals surface area contributed by atoms with Crippen LogP contribution in [0.2, 0.25) is 0 Å². The lowest BCUT2D eigenvalue weighted by molar-refractivity contribution is -0.122. The highest BCUT2D eigenvalue weighted by Crippen LogP contribution is 2.33. The molecular weight excluding hydrogens is 397 g/mol. The van der Waals surface area contributed by atoms with Crippen LogP contribution < -0.4 is 9.75 Å². The Kier molecular flexibility index (Phi) is 4.99. The number of methoxy groups -OCH3 is 1. The molecule has 4 rings (SSSR count). The maximum Gasteiger partial charge on any atom is 0.286 e. The summed E-state index contributed by atoms with van der Waals surface area (Å²) in [5.41, 5.74) is 0.913. The number of anilines is 1. The average Bonchev–Trinajstić information content (AvgIpc) is 3.25. The Morgan fingerprint density at radius 2 is 1.90 bits per heavy atom. The van der Waals surface area contributed by atoms with Crippen molar-refractivity contribution in [2.24, 2.45) is 5.10 Å². The van der Waals surface area contributed by atoms with Crippen LogP contribution in [0.5, 0.6) is 5.75 Å². The summed E-state index contributed by atoms with van der Waals surface area (Å²) in [5.74, 6) is -1.01. The summed E-state index contributed by atoms with van der Waals surface area (Å²) in [6.07, 6.45) is 1.68. The minimum Gasteiger partial charge on any atom is -0.494 e. The Bertz CT molecular complexity index is 1090. The highest BCUT2D eigenvalue weighted by atomic mass is 32.2. The SMILES string of the molecule is COc1ccc(CN2N=C(C(=O)N3CCCC3)S(=O)(=O)c3ccccc32)cc1F. The Morgan fingerprint density at radius 3 is 2.59 bits per heavy atom. The van der Waals surface area contributed by atoms with Crippen molar-refractivity contribution in [2.45, 2.75) is 24.3 Å². The molecule has 1 fully saturated rings. The summed E-state index contributed by atoms with van der Waals surface area (Å²) in [5, 5.41) is 5.14. The highest BCUT2D eigenvalue weighted by Gasteiger charge is 2.39. The van der Waals surface area contributed by atoms with Gasteiger partial charge in [0.1, 0.15) is 0 Å². The third-order valence-corrected chi connectivity index (χ3v) is 6.71. The van der Waals surface area contributed by atoms with Gasteiger partial charge in [0.15, 0.2) is 11.6 Å². The molecule has 1 amide bonds. The lowest BCUT2D eigenvalue weighted by Gasteiger charge is -2.28. The van der Waals surface area contributed by atoms with Gasteiger partial charge in [-0.25, -0.2) is 12.8 Å². The molecule has 0 N–H and O–H groups in total. The topological polar surface area (TPSA) is 79.3 Å². The van der Waals surface area contributed by atoms with Gasteiger partial charge in [0.25, 0.3) is 5.91 Å². The summed E-state index contributed by atoms with van der Waals surface area (Å²) < 4.78 is 45.1. The number of nitrogens with zero attached hydrogens (tertiary/aromatic N) is 3. The van der Waals surface area contributed by atoms with Crippen molar-refractivity contribution < 1.29 is 22.3 Å². The molecule has 0 radical (unpaired) electrons. The second-order valence-corrected chi connectivity index (χ2v) is 8.74. The second-order valence-electron chi connectivity index (χ2n) is 6.90. The minimum atomic E-state index is -4.04. The summed E-state index contributed by atoms with van der Waals surface area (Å²) in [7, 11) is -2.66. The molecular formula is C20H20FN3O4S. The van der Waals surface area contributed by atoms with Crippen LogP contribution in [0.3, 0.4) is 0 Å². The number of carbonyl (C=O) groups excluding carboxylic acids is 1. The van der Waals surface area contributed by atoms with E-state index in [1.54, 1.807) is 24.3 Å². The maximum atomic E-state index is 14.1. The van der Waals surface area contributed by atoms with Gasteiger partial charge in [-0.05, 0) is 42.7 Å². The number of rotatable bonds is 4. The molecule has 0 aliphatic carbocycles. The van der Waals surface area contributed by atoms with Crippen molar-refractivity contribution in [3.8, 4) is 5.75 Å². The highest BCUT2D eigenvalue weighted by molar-refractivity contribution is 8.08. The van der Waals surface area contributed by atoms with E-state index in [0.717, 1.165) is 12.8 Å². The first-order chi connectivity index (χ1) is 13.9. The summed E-state index contributed by atoms with van der Waals surface area (Å²) >= 11 is 0. The normalized spacial score (nSPS) is 17.7. The van der Waals surface area contributed by atoms with Crippen LogP contribution in [-0.2, 0) is 21.2 Å². The predicted molar refractivity (Wildman–Crippen MR) is 106 cm³/mol. The number of ether oxygens (including phenoxy) is 1. The molecule has 2 heterocycles. The largest absolute Gasteiger partial charge is 0.494 e. The van der Waals surface area contributed by atoms with Crippen LogP contribution in [0.25, 0.3) is 0 Å². The van der Waals surface area contributed by atoms with Gasteiger partial charge in [-0.1, -0.05) is 18.2 Å². The smallest absolute Gasteiger partial charge is 0.286 e. The Hall–Kier alpha value is -2.94. The first-order valence-electron chi connectivity index (χ1n) is 9.24. The number of halogens is 1. The first-order valence-corrected chi connectivity index (χ1v) is 10.7. The number of carbonyl (C=O) groups is 1. The van der Waals surface area contributed by atoms with Gasteiger partial charge in [0, 0.05) is 13.1 Å². The van der Waals surface area contributed by atoms with Gasteiger partial charge in [-0.2, -0.15) is 5.10 Å². The summed E-state index contributed by atoms with van der Waals surface area (Å²) in [6, 6.07) is 10.8. The molecule has 1 saturated heterocycles. The standard InChI is InChI=1S/C20H20FN3O4S/c1-28-17-9-8-14(12-15(17)21)13-24-16-6-2-3-7-18(16)29(26,27)19(22-24)20(25)23-10-4-5-11-23/h2-3,6-9,12H,4-5,10-11,13H2,1H3. The molecule has 7 nitrogen and oxygen atoms in total. The van der Waals surface area contributed by atoms with Crippen molar-refractivity contribution in [1.82, 2.24) is 4.90 Å². The zero-order chi connectivity index (χ0) is 20.6. The molecule has 9 heteroatoms. The lowest BCUT2D eigenvalue weighted by atomic mass is 10.2. The number of benzene rings is 2. The molecule has 2 aliphatic rings. The minimum absolute atomic E-state index is 0.0199. The predicted octanol–water partition coefficient (Wildman–Crippen LogP) is 2.56. The molecule has 29 heavy (non-hydrogen) atoms.